The van der Waals surface area contributed by atoms with Gasteiger partial charge in [-0.25, -0.2) is 4.98 Å². The highest BCUT2D eigenvalue weighted by Crippen LogP contribution is 2.38. The third kappa shape index (κ3) is 6.88. The summed E-state index contributed by atoms with van der Waals surface area (Å²) in [5.74, 6) is 0.745. The molecule has 0 atom stereocenters. The Balaban J connectivity index is 0.000000829. The molecule has 0 unspecified atom stereocenters. The number of aromatic nitrogens is 1. The number of hydrogen-bond donors (Lipinski definition) is 0. The van der Waals surface area contributed by atoms with Crippen LogP contribution in [0, 0.1) is 12.3 Å². The van der Waals surface area contributed by atoms with Crippen LogP contribution in [-0.2, 0) is 0 Å². The summed E-state index contributed by atoms with van der Waals surface area (Å²) >= 11 is 1.86. The normalized spacial score (nSPS) is 18.8. The smallest absolute Gasteiger partial charge is 0.0959 e. The van der Waals surface area contributed by atoms with E-state index in [4.69, 9.17) is 0 Å². The van der Waals surface area contributed by atoms with Gasteiger partial charge in [-0.15, -0.1) is 11.3 Å². The van der Waals surface area contributed by atoms with E-state index < -0.39 is 0 Å². The summed E-state index contributed by atoms with van der Waals surface area (Å²) in [6.07, 6.45) is 8.20. The molecule has 2 heteroatoms. The molecule has 0 saturated heterocycles. The van der Waals surface area contributed by atoms with Crippen LogP contribution < -0.4 is 0 Å². The quantitative estimate of drug-likeness (QED) is 0.545. The Morgan fingerprint density at radius 3 is 1.95 bits per heavy atom. The largest absolute Gasteiger partial charge is 0.246 e. The van der Waals surface area contributed by atoms with E-state index in [1.54, 1.807) is 0 Å². The first-order chi connectivity index (χ1) is 9.57. The van der Waals surface area contributed by atoms with Crippen molar-refractivity contribution < 1.29 is 0 Å². The minimum Gasteiger partial charge on any atom is -0.246 e. The predicted octanol–water partition coefficient (Wildman–Crippen LogP) is 6.97. The molecule has 1 nitrogen and oxygen atoms in total. The van der Waals surface area contributed by atoms with Crippen molar-refractivity contribution in [3.05, 3.63) is 16.1 Å². The monoisotopic (exact) mass is 297 g/mol. The summed E-state index contributed by atoms with van der Waals surface area (Å²) in [4.78, 5) is 4.66. The van der Waals surface area contributed by atoms with Crippen LogP contribution in [0.2, 0.25) is 0 Å². The first-order valence-electron chi connectivity index (χ1n) is 8.49. The van der Waals surface area contributed by atoms with Crippen LogP contribution >= 0.6 is 11.3 Å². The molecule has 0 aromatic carbocycles. The molecular formula is C18H35NS. The van der Waals surface area contributed by atoms with Gasteiger partial charge in [0.05, 0.1) is 5.01 Å². The lowest BCUT2D eigenvalue weighted by molar-refractivity contribution is 0.256. The molecule has 118 valence electrons. The number of thiazole rings is 1. The van der Waals surface area contributed by atoms with Crippen molar-refractivity contribution in [3.8, 4) is 0 Å². The van der Waals surface area contributed by atoms with Crippen LogP contribution in [0.3, 0.4) is 0 Å². The zero-order valence-corrected chi connectivity index (χ0v) is 15.6. The summed E-state index contributed by atoms with van der Waals surface area (Å²) < 4.78 is 0. The van der Waals surface area contributed by atoms with E-state index >= 15 is 0 Å². The number of rotatable bonds is 1. The van der Waals surface area contributed by atoms with Crippen molar-refractivity contribution in [1.82, 2.24) is 4.98 Å². The van der Waals surface area contributed by atoms with Crippen LogP contribution in [0.1, 0.15) is 96.7 Å². The average Bonchev–Trinajstić information content (AvgIpc) is 2.86. The number of hydrogen-bond acceptors (Lipinski definition) is 2. The van der Waals surface area contributed by atoms with E-state index in [1.807, 2.05) is 39.0 Å². The standard InChI is InChI=1S/C14H23NS.2C2H6/c1-11-10-16-13(15-11)12-6-4-8-14(2,3)9-5-7-12;2*1-2/h10,12H,4-9H2,1-3H3;2*1-2H3. The Morgan fingerprint density at radius 1 is 1.05 bits per heavy atom. The molecule has 0 bridgehead atoms. The lowest BCUT2D eigenvalue weighted by atomic mass is 9.77. The van der Waals surface area contributed by atoms with Crippen molar-refractivity contribution in [2.75, 3.05) is 0 Å². The van der Waals surface area contributed by atoms with Gasteiger partial charge >= 0.3 is 0 Å². The number of aryl methyl sites for hydroxylation is 1. The second-order valence-electron chi connectivity index (χ2n) is 5.97. The van der Waals surface area contributed by atoms with E-state index in [-0.39, 0.29) is 0 Å². The second kappa shape index (κ2) is 10.4. The Labute approximate surface area is 131 Å². The first-order valence-corrected chi connectivity index (χ1v) is 9.37. The van der Waals surface area contributed by atoms with E-state index in [1.165, 1.54) is 49.2 Å². The van der Waals surface area contributed by atoms with E-state index in [9.17, 15) is 0 Å². The highest BCUT2D eigenvalue weighted by atomic mass is 32.1. The maximum Gasteiger partial charge on any atom is 0.0959 e. The van der Waals surface area contributed by atoms with E-state index in [0.717, 1.165) is 5.92 Å². The summed E-state index contributed by atoms with van der Waals surface area (Å²) in [6, 6.07) is 0. The Hall–Kier alpha value is -0.370. The molecule has 2 rings (SSSR count). The van der Waals surface area contributed by atoms with Crippen molar-refractivity contribution in [2.45, 2.75) is 92.9 Å². The lowest BCUT2D eigenvalue weighted by Gasteiger charge is -2.29. The fraction of sp³-hybridized carbons (Fsp3) is 0.833. The van der Waals surface area contributed by atoms with Gasteiger partial charge in [-0.2, -0.15) is 0 Å². The van der Waals surface area contributed by atoms with Crippen LogP contribution in [0.5, 0.6) is 0 Å². The molecule has 0 amide bonds. The SMILES string of the molecule is CC.CC.Cc1csc(C2CCCC(C)(C)CCC2)n1. The highest BCUT2D eigenvalue weighted by Gasteiger charge is 2.23. The zero-order chi connectivity index (χ0) is 15.6. The van der Waals surface area contributed by atoms with Gasteiger partial charge < -0.3 is 0 Å². The molecule has 0 spiro atoms. The Kier molecular flexibility index (Phi) is 10.2. The van der Waals surface area contributed by atoms with Crippen molar-refractivity contribution in [2.24, 2.45) is 5.41 Å². The summed E-state index contributed by atoms with van der Waals surface area (Å²) in [5, 5.41) is 3.58. The van der Waals surface area contributed by atoms with E-state index in [0.29, 0.717) is 5.41 Å². The fourth-order valence-corrected chi connectivity index (χ4v) is 3.70. The molecule has 1 aromatic heterocycles. The highest BCUT2D eigenvalue weighted by molar-refractivity contribution is 7.09. The minimum absolute atomic E-state index is 0.573. The van der Waals surface area contributed by atoms with Crippen LogP contribution in [-0.4, -0.2) is 4.98 Å². The molecular weight excluding hydrogens is 262 g/mol. The topological polar surface area (TPSA) is 12.9 Å². The van der Waals surface area contributed by atoms with Gasteiger partial charge in [0.25, 0.3) is 0 Å². The Bertz CT molecular complexity index is 329. The molecule has 1 saturated carbocycles. The van der Waals surface area contributed by atoms with Gasteiger partial charge in [0.15, 0.2) is 0 Å². The molecule has 0 aliphatic heterocycles. The Morgan fingerprint density at radius 2 is 1.55 bits per heavy atom. The summed E-state index contributed by atoms with van der Waals surface area (Å²) in [7, 11) is 0. The molecule has 0 radical (unpaired) electrons. The van der Waals surface area contributed by atoms with Crippen molar-refractivity contribution in [1.29, 1.82) is 0 Å². The third-order valence-corrected chi connectivity index (χ3v) is 4.92. The van der Waals surface area contributed by atoms with Gasteiger partial charge in [-0.05, 0) is 38.0 Å². The minimum atomic E-state index is 0.573. The maximum atomic E-state index is 4.66. The zero-order valence-electron chi connectivity index (χ0n) is 14.8. The fourth-order valence-electron chi connectivity index (χ4n) is 2.73. The second-order valence-corrected chi connectivity index (χ2v) is 6.86. The predicted molar refractivity (Wildman–Crippen MR) is 93.8 cm³/mol. The van der Waals surface area contributed by atoms with Crippen LogP contribution in [0.4, 0.5) is 0 Å². The lowest BCUT2D eigenvalue weighted by Crippen LogP contribution is -2.15. The van der Waals surface area contributed by atoms with Crippen molar-refractivity contribution in [3.63, 3.8) is 0 Å². The van der Waals surface area contributed by atoms with Crippen LogP contribution in [0.25, 0.3) is 0 Å². The summed E-state index contributed by atoms with van der Waals surface area (Å²) in [5.41, 5.74) is 1.77. The number of nitrogens with zero attached hydrogens (tertiary/aromatic N) is 1. The van der Waals surface area contributed by atoms with Gasteiger partial charge in [0, 0.05) is 17.0 Å². The summed E-state index contributed by atoms with van der Waals surface area (Å²) in [6.45, 7) is 14.9. The maximum absolute atomic E-state index is 4.66. The molecule has 1 fully saturated rings. The van der Waals surface area contributed by atoms with Gasteiger partial charge in [0.1, 0.15) is 0 Å². The van der Waals surface area contributed by atoms with E-state index in [2.05, 4.69) is 31.1 Å². The molecule has 1 heterocycles. The van der Waals surface area contributed by atoms with Gasteiger partial charge in [-0.1, -0.05) is 54.4 Å². The molecule has 0 N–H and O–H groups in total. The molecule has 20 heavy (non-hydrogen) atoms. The first kappa shape index (κ1) is 19.6. The molecule has 1 aromatic rings. The molecule has 1 aliphatic carbocycles. The van der Waals surface area contributed by atoms with Gasteiger partial charge in [0.2, 0.25) is 0 Å². The molecule has 1 aliphatic rings. The average molecular weight is 298 g/mol. The third-order valence-electron chi connectivity index (χ3n) is 3.80. The van der Waals surface area contributed by atoms with Crippen molar-refractivity contribution >= 4 is 11.3 Å². The van der Waals surface area contributed by atoms with Crippen LogP contribution in [0.15, 0.2) is 5.38 Å². The van der Waals surface area contributed by atoms with Gasteiger partial charge in [-0.3, -0.25) is 0 Å².